The van der Waals surface area contributed by atoms with E-state index >= 15 is 0 Å². The maximum atomic E-state index is 11.8. The lowest BCUT2D eigenvalue weighted by Crippen LogP contribution is -2.19. The Kier molecular flexibility index (Phi) is 5.08. The van der Waals surface area contributed by atoms with Crippen LogP contribution in [0.3, 0.4) is 0 Å². The summed E-state index contributed by atoms with van der Waals surface area (Å²) in [6.07, 6.45) is 1.77. The molecule has 0 amide bonds. The molecule has 3 nitrogen and oxygen atoms in total. The van der Waals surface area contributed by atoms with Gasteiger partial charge in [-0.25, -0.2) is 4.21 Å². The fraction of sp³-hybridized carbons (Fsp3) is 0.500. The molecule has 0 saturated heterocycles. The number of ether oxygens (including phenoxy) is 1. The summed E-state index contributed by atoms with van der Waals surface area (Å²) < 4.78 is 21.1. The fourth-order valence-corrected chi connectivity index (χ4v) is 1.74. The van der Waals surface area contributed by atoms with E-state index in [2.05, 4.69) is 4.40 Å². The molecule has 0 spiro atoms. The monoisotopic (exact) mass is 267 g/mol. The minimum Gasteiger partial charge on any atom is -0.491 e. The van der Waals surface area contributed by atoms with Crippen molar-refractivity contribution >= 4 is 17.2 Å². The third kappa shape index (κ3) is 5.00. The Balaban J connectivity index is 2.79. The lowest BCUT2D eigenvalue weighted by atomic mass is 10.2. The number of hydrogen-bond acceptors (Lipinski definition) is 2. The zero-order chi connectivity index (χ0) is 13.8. The van der Waals surface area contributed by atoms with Crippen LogP contribution in [0.25, 0.3) is 0 Å². The van der Waals surface area contributed by atoms with Crippen molar-refractivity contribution in [1.29, 1.82) is 0 Å². The second-order valence-corrected chi connectivity index (χ2v) is 7.27. The molecular formula is C14H21NO2S. The maximum absolute atomic E-state index is 11.8. The average molecular weight is 267 g/mol. The van der Waals surface area contributed by atoms with E-state index in [1.54, 1.807) is 6.21 Å². The first-order valence-electron chi connectivity index (χ1n) is 6.02. The van der Waals surface area contributed by atoms with Crippen molar-refractivity contribution in [3.8, 4) is 5.75 Å². The van der Waals surface area contributed by atoms with Crippen LogP contribution in [-0.4, -0.2) is 21.3 Å². The Morgan fingerprint density at radius 2 is 2.00 bits per heavy atom. The van der Waals surface area contributed by atoms with Crippen LogP contribution < -0.4 is 4.74 Å². The van der Waals surface area contributed by atoms with E-state index in [0.29, 0.717) is 0 Å². The largest absolute Gasteiger partial charge is 0.491 e. The lowest BCUT2D eigenvalue weighted by Gasteiger charge is -2.13. The topological polar surface area (TPSA) is 38.7 Å². The second-order valence-electron chi connectivity index (χ2n) is 5.34. The van der Waals surface area contributed by atoms with Crippen molar-refractivity contribution in [3.05, 3.63) is 29.8 Å². The van der Waals surface area contributed by atoms with Crippen LogP contribution in [0.5, 0.6) is 5.75 Å². The molecule has 0 aliphatic heterocycles. The van der Waals surface area contributed by atoms with E-state index in [9.17, 15) is 4.21 Å². The van der Waals surface area contributed by atoms with Gasteiger partial charge in [-0.15, -0.1) is 0 Å². The highest BCUT2D eigenvalue weighted by atomic mass is 32.2. The number of rotatable bonds is 4. The smallest absolute Gasteiger partial charge is 0.144 e. The Morgan fingerprint density at radius 1 is 1.33 bits per heavy atom. The van der Waals surface area contributed by atoms with Gasteiger partial charge < -0.3 is 4.74 Å². The van der Waals surface area contributed by atoms with E-state index in [-0.39, 0.29) is 10.9 Å². The zero-order valence-corrected chi connectivity index (χ0v) is 12.5. The Labute approximate surface area is 112 Å². The van der Waals surface area contributed by atoms with Crippen molar-refractivity contribution in [3.63, 3.8) is 0 Å². The highest BCUT2D eigenvalue weighted by Crippen LogP contribution is 2.15. The molecule has 0 aliphatic carbocycles. The SMILES string of the molecule is CC(C)Oc1cccc(C=N[S@](=O)C(C)(C)C)c1. The van der Waals surface area contributed by atoms with Gasteiger partial charge in [0.2, 0.25) is 0 Å². The first-order valence-corrected chi connectivity index (χ1v) is 7.12. The number of benzene rings is 1. The first-order chi connectivity index (χ1) is 8.29. The average Bonchev–Trinajstić information content (AvgIpc) is 2.24. The standard InChI is InChI=1S/C14H21NO2S/c1-11(2)17-13-8-6-7-12(9-13)10-15-18(16)14(3,4)5/h6-11H,1-5H3/t18-/m1/s1. The Bertz CT molecular complexity index is 447. The van der Waals surface area contributed by atoms with E-state index in [4.69, 9.17) is 4.74 Å². The van der Waals surface area contributed by atoms with E-state index in [1.165, 1.54) is 0 Å². The highest BCUT2D eigenvalue weighted by Gasteiger charge is 2.18. The predicted molar refractivity (Wildman–Crippen MR) is 77.7 cm³/mol. The summed E-state index contributed by atoms with van der Waals surface area (Å²) in [5.74, 6) is 0.801. The van der Waals surface area contributed by atoms with E-state index in [1.807, 2.05) is 58.9 Å². The summed E-state index contributed by atoms with van der Waals surface area (Å²) in [5.41, 5.74) is 0.894. The first kappa shape index (κ1) is 14.9. The van der Waals surface area contributed by atoms with Crippen LogP contribution in [0.15, 0.2) is 28.7 Å². The van der Waals surface area contributed by atoms with Gasteiger partial charge in [0.1, 0.15) is 16.7 Å². The van der Waals surface area contributed by atoms with Crippen molar-refractivity contribution < 1.29 is 8.95 Å². The van der Waals surface area contributed by atoms with Crippen LogP contribution in [-0.2, 0) is 11.0 Å². The van der Waals surface area contributed by atoms with Crippen LogP contribution in [0, 0.1) is 0 Å². The van der Waals surface area contributed by atoms with Crippen LogP contribution >= 0.6 is 0 Å². The second kappa shape index (κ2) is 6.14. The Hall–Kier alpha value is -1.16. The van der Waals surface area contributed by atoms with Gasteiger partial charge >= 0.3 is 0 Å². The van der Waals surface area contributed by atoms with Crippen LogP contribution in [0.4, 0.5) is 0 Å². The minimum atomic E-state index is -1.23. The van der Waals surface area contributed by atoms with Gasteiger partial charge in [-0.1, -0.05) is 12.1 Å². The van der Waals surface area contributed by atoms with Crippen molar-refractivity contribution in [2.24, 2.45) is 4.40 Å². The molecule has 1 rings (SSSR count). The molecule has 0 saturated carbocycles. The summed E-state index contributed by atoms with van der Waals surface area (Å²) >= 11 is 0. The molecule has 100 valence electrons. The molecule has 1 atom stereocenters. The van der Waals surface area contributed by atoms with Gasteiger partial charge in [0.15, 0.2) is 0 Å². The van der Waals surface area contributed by atoms with Gasteiger partial charge in [-0.05, 0) is 52.3 Å². The van der Waals surface area contributed by atoms with E-state index < -0.39 is 11.0 Å². The molecule has 1 aromatic carbocycles. The minimum absolute atomic E-state index is 0.140. The molecule has 18 heavy (non-hydrogen) atoms. The van der Waals surface area contributed by atoms with Gasteiger partial charge in [0.25, 0.3) is 0 Å². The third-order valence-electron chi connectivity index (χ3n) is 2.05. The van der Waals surface area contributed by atoms with Crippen LogP contribution in [0.2, 0.25) is 0 Å². The third-order valence-corrected chi connectivity index (χ3v) is 3.40. The van der Waals surface area contributed by atoms with Gasteiger partial charge in [-0.3, -0.25) is 0 Å². The quantitative estimate of drug-likeness (QED) is 0.785. The molecule has 0 aliphatic rings. The molecule has 0 aromatic heterocycles. The zero-order valence-electron chi connectivity index (χ0n) is 11.6. The molecular weight excluding hydrogens is 246 g/mol. The summed E-state index contributed by atoms with van der Waals surface area (Å²) in [6.45, 7) is 9.67. The molecule has 0 heterocycles. The van der Waals surface area contributed by atoms with Crippen LogP contribution in [0.1, 0.15) is 40.2 Å². The fourth-order valence-electron chi connectivity index (χ4n) is 1.21. The number of nitrogens with zero attached hydrogens (tertiary/aromatic N) is 1. The summed E-state index contributed by atoms with van der Waals surface area (Å²) in [5, 5.41) is 0. The maximum Gasteiger partial charge on any atom is 0.144 e. The predicted octanol–water partition coefficient (Wildman–Crippen LogP) is 3.35. The van der Waals surface area contributed by atoms with Crippen molar-refractivity contribution in [1.82, 2.24) is 0 Å². The van der Waals surface area contributed by atoms with Gasteiger partial charge in [0.05, 0.1) is 10.9 Å². The molecule has 4 heteroatoms. The highest BCUT2D eigenvalue weighted by molar-refractivity contribution is 7.85. The summed E-state index contributed by atoms with van der Waals surface area (Å²) in [4.78, 5) is 0. The van der Waals surface area contributed by atoms with E-state index in [0.717, 1.165) is 11.3 Å². The molecule has 0 fully saturated rings. The lowest BCUT2D eigenvalue weighted by molar-refractivity contribution is 0.242. The summed E-state index contributed by atoms with van der Waals surface area (Å²) in [6, 6.07) is 7.61. The van der Waals surface area contributed by atoms with Crippen molar-refractivity contribution in [2.75, 3.05) is 0 Å². The van der Waals surface area contributed by atoms with Gasteiger partial charge in [-0.2, -0.15) is 4.40 Å². The molecule has 0 bridgehead atoms. The summed E-state index contributed by atoms with van der Waals surface area (Å²) in [7, 11) is -1.23. The number of hydrogen-bond donors (Lipinski definition) is 0. The van der Waals surface area contributed by atoms with Gasteiger partial charge in [0, 0.05) is 6.21 Å². The van der Waals surface area contributed by atoms with Crippen molar-refractivity contribution in [2.45, 2.75) is 45.5 Å². The molecule has 0 radical (unpaired) electrons. The molecule has 0 N–H and O–H groups in total. The molecule has 0 unspecified atom stereocenters. The molecule has 1 aromatic rings. The Morgan fingerprint density at radius 3 is 2.56 bits per heavy atom. The normalized spacial score (nSPS) is 14.1.